The molecule has 7 heteroatoms. The highest BCUT2D eigenvalue weighted by atomic mass is 79.9. The number of nitrogen functional groups attached to an aromatic ring is 1. The summed E-state index contributed by atoms with van der Waals surface area (Å²) >= 11 is 12.5. The number of benzene rings is 1. The topological polar surface area (TPSA) is 48.1 Å². The van der Waals surface area contributed by atoms with E-state index in [0.29, 0.717) is 16.8 Å². The molecule has 0 unspecified atom stereocenters. The Bertz CT molecular complexity index is 577. The van der Waals surface area contributed by atoms with E-state index in [0.717, 1.165) is 25.9 Å². The van der Waals surface area contributed by atoms with Crippen molar-refractivity contribution in [2.75, 3.05) is 18.1 Å². The van der Waals surface area contributed by atoms with Crippen molar-refractivity contribution in [2.45, 2.75) is 11.1 Å². The van der Waals surface area contributed by atoms with Gasteiger partial charge in [-0.3, -0.25) is 0 Å². The molecule has 1 aromatic carbocycles. The predicted molar refractivity (Wildman–Crippen MR) is 86.6 cm³/mol. The fourth-order valence-corrected chi connectivity index (χ4v) is 4.13. The highest BCUT2D eigenvalue weighted by Crippen LogP contribution is 2.31. The number of hydrogen-bond acceptors (Lipinski definition) is 5. The molecular formula is C12H12BrClN2OS2. The molecule has 0 bridgehead atoms. The van der Waals surface area contributed by atoms with Gasteiger partial charge in [-0.25, -0.2) is 4.98 Å². The van der Waals surface area contributed by atoms with Crippen molar-refractivity contribution >= 4 is 55.8 Å². The zero-order chi connectivity index (χ0) is 13.8. The maximum absolute atomic E-state index is 5.87. The largest absolute Gasteiger partial charge is 0.492 e. The lowest BCUT2D eigenvalue weighted by Gasteiger charge is -2.07. The second kappa shape index (κ2) is 6.83. The Kier molecular flexibility index (Phi) is 5.38. The van der Waals surface area contributed by atoms with E-state index < -0.39 is 0 Å². The number of nitrogens with zero attached hydrogens (tertiary/aromatic N) is 1. The Morgan fingerprint density at radius 3 is 2.95 bits per heavy atom. The molecule has 0 amide bonds. The molecule has 0 aliphatic heterocycles. The molecule has 0 aliphatic carbocycles. The third kappa shape index (κ3) is 4.27. The number of nitrogens with two attached hydrogens (primary N) is 1. The molecule has 1 heterocycles. The number of ether oxygens (including phenoxy) is 1. The van der Waals surface area contributed by atoms with E-state index in [4.69, 9.17) is 22.1 Å². The van der Waals surface area contributed by atoms with Crippen LogP contribution >= 0.6 is 50.6 Å². The van der Waals surface area contributed by atoms with Gasteiger partial charge in [0.2, 0.25) is 0 Å². The van der Waals surface area contributed by atoms with Crippen molar-refractivity contribution in [1.82, 2.24) is 4.98 Å². The molecule has 2 N–H and O–H groups in total. The van der Waals surface area contributed by atoms with E-state index in [2.05, 4.69) is 20.9 Å². The minimum Gasteiger partial charge on any atom is -0.492 e. The fraction of sp³-hybridized carbons (Fsp3) is 0.250. The van der Waals surface area contributed by atoms with Crippen LogP contribution in [0.3, 0.4) is 0 Å². The zero-order valence-corrected chi connectivity index (χ0v) is 14.1. The smallest absolute Gasteiger partial charge is 0.181 e. The van der Waals surface area contributed by atoms with Gasteiger partial charge < -0.3 is 10.5 Å². The molecule has 0 aliphatic rings. The molecule has 2 aromatic rings. The maximum Gasteiger partial charge on any atom is 0.181 e. The van der Waals surface area contributed by atoms with Crippen LogP contribution in [0.2, 0.25) is 5.02 Å². The lowest BCUT2D eigenvalue weighted by Crippen LogP contribution is -2.00. The van der Waals surface area contributed by atoms with Gasteiger partial charge >= 0.3 is 0 Å². The minimum absolute atomic E-state index is 0.612. The van der Waals surface area contributed by atoms with Crippen molar-refractivity contribution in [3.8, 4) is 5.75 Å². The quantitative estimate of drug-likeness (QED) is 0.608. The van der Waals surface area contributed by atoms with Crippen LogP contribution < -0.4 is 10.5 Å². The third-order valence-electron chi connectivity index (χ3n) is 2.24. The molecule has 19 heavy (non-hydrogen) atoms. The van der Waals surface area contributed by atoms with Gasteiger partial charge in [-0.1, -0.05) is 22.9 Å². The molecule has 0 saturated carbocycles. The normalized spacial score (nSPS) is 10.7. The predicted octanol–water partition coefficient (Wildman–Crippen LogP) is 4.62. The van der Waals surface area contributed by atoms with Gasteiger partial charge in [-0.2, -0.15) is 0 Å². The number of anilines is 1. The van der Waals surface area contributed by atoms with E-state index in [1.807, 2.05) is 25.1 Å². The lowest BCUT2D eigenvalue weighted by atomic mass is 10.3. The fourth-order valence-electron chi connectivity index (χ4n) is 1.41. The number of aromatic nitrogens is 1. The molecule has 0 spiro atoms. The van der Waals surface area contributed by atoms with Crippen LogP contribution in [0, 0.1) is 6.92 Å². The molecule has 102 valence electrons. The number of hydrogen-bond donors (Lipinski definition) is 1. The Hall–Kier alpha value is -0.430. The van der Waals surface area contributed by atoms with Crippen LogP contribution in [0.4, 0.5) is 5.13 Å². The van der Waals surface area contributed by atoms with Gasteiger partial charge in [0, 0.05) is 10.8 Å². The van der Waals surface area contributed by atoms with Gasteiger partial charge in [0.25, 0.3) is 0 Å². The van der Waals surface area contributed by atoms with Gasteiger partial charge in [-0.05, 0) is 41.1 Å². The Morgan fingerprint density at radius 1 is 1.53 bits per heavy atom. The van der Waals surface area contributed by atoms with E-state index in [1.165, 1.54) is 11.3 Å². The highest BCUT2D eigenvalue weighted by Gasteiger charge is 2.06. The molecule has 2 rings (SSSR count). The number of rotatable bonds is 5. The van der Waals surface area contributed by atoms with Gasteiger partial charge in [0.15, 0.2) is 5.13 Å². The first kappa shape index (κ1) is 15.0. The Morgan fingerprint density at radius 2 is 2.32 bits per heavy atom. The molecule has 3 nitrogen and oxygen atoms in total. The van der Waals surface area contributed by atoms with Crippen LogP contribution in [-0.2, 0) is 0 Å². The van der Waals surface area contributed by atoms with Crippen LogP contribution in [0.5, 0.6) is 5.75 Å². The second-order valence-corrected chi connectivity index (χ2v) is 7.38. The summed E-state index contributed by atoms with van der Waals surface area (Å²) in [5.41, 5.74) is 6.64. The number of halogens is 2. The zero-order valence-electron chi connectivity index (χ0n) is 10.2. The summed E-state index contributed by atoms with van der Waals surface area (Å²) in [6, 6.07) is 5.48. The molecule has 0 fully saturated rings. The summed E-state index contributed by atoms with van der Waals surface area (Å²) in [5.74, 6) is 1.64. The number of thioether (sulfide) groups is 1. The number of aryl methyl sites for hydroxylation is 1. The molecule has 0 radical (unpaired) electrons. The first-order valence-electron chi connectivity index (χ1n) is 5.50. The second-order valence-electron chi connectivity index (χ2n) is 3.70. The molecule has 0 atom stereocenters. The first-order valence-corrected chi connectivity index (χ1v) is 8.47. The minimum atomic E-state index is 0.612. The summed E-state index contributed by atoms with van der Waals surface area (Å²) in [6.07, 6.45) is 0. The third-order valence-corrected chi connectivity index (χ3v) is 5.41. The average molecular weight is 380 g/mol. The Labute approximate surface area is 133 Å². The van der Waals surface area contributed by atoms with E-state index >= 15 is 0 Å². The summed E-state index contributed by atoms with van der Waals surface area (Å²) in [6.45, 7) is 2.58. The van der Waals surface area contributed by atoms with Crippen molar-refractivity contribution in [2.24, 2.45) is 0 Å². The van der Waals surface area contributed by atoms with E-state index in [-0.39, 0.29) is 0 Å². The van der Waals surface area contributed by atoms with Crippen molar-refractivity contribution in [1.29, 1.82) is 0 Å². The van der Waals surface area contributed by atoms with Crippen LogP contribution in [0.25, 0.3) is 0 Å². The van der Waals surface area contributed by atoms with Crippen LogP contribution in [0.1, 0.15) is 5.69 Å². The van der Waals surface area contributed by atoms with Gasteiger partial charge in [0.05, 0.1) is 21.0 Å². The van der Waals surface area contributed by atoms with Crippen molar-refractivity contribution in [3.05, 3.63) is 33.4 Å². The monoisotopic (exact) mass is 378 g/mol. The highest BCUT2D eigenvalue weighted by molar-refractivity contribution is 9.10. The summed E-state index contributed by atoms with van der Waals surface area (Å²) in [7, 11) is 0. The van der Waals surface area contributed by atoms with Gasteiger partial charge in [-0.15, -0.1) is 11.8 Å². The van der Waals surface area contributed by atoms with Crippen LogP contribution in [0.15, 0.2) is 26.9 Å². The summed E-state index contributed by atoms with van der Waals surface area (Å²) in [5, 5.41) is 1.30. The van der Waals surface area contributed by atoms with Crippen LogP contribution in [-0.4, -0.2) is 17.3 Å². The molecule has 1 aromatic heterocycles. The summed E-state index contributed by atoms with van der Waals surface area (Å²) in [4.78, 5) is 4.18. The van der Waals surface area contributed by atoms with Gasteiger partial charge in [0.1, 0.15) is 5.75 Å². The van der Waals surface area contributed by atoms with E-state index in [1.54, 1.807) is 11.8 Å². The Balaban J connectivity index is 1.82. The summed E-state index contributed by atoms with van der Waals surface area (Å²) < 4.78 is 7.70. The lowest BCUT2D eigenvalue weighted by molar-refractivity contribution is 0.342. The van der Waals surface area contributed by atoms with E-state index in [9.17, 15) is 0 Å². The molecular weight excluding hydrogens is 368 g/mol. The number of thiazole rings is 1. The molecule has 0 saturated heterocycles. The standard InChI is InChI=1S/C12H12BrClN2OS2/c1-7-11(19-12(15)16-7)18-5-4-17-10-3-2-8(14)6-9(10)13/h2-3,6H,4-5H2,1H3,(H2,15,16). The van der Waals surface area contributed by atoms with Crippen molar-refractivity contribution in [3.63, 3.8) is 0 Å². The SMILES string of the molecule is Cc1nc(N)sc1SCCOc1ccc(Cl)cc1Br. The first-order chi connectivity index (χ1) is 9.06. The van der Waals surface area contributed by atoms with Crippen molar-refractivity contribution < 1.29 is 4.74 Å². The maximum atomic E-state index is 5.87. The average Bonchev–Trinajstić information content (AvgIpc) is 2.65.